The second-order valence-electron chi connectivity index (χ2n) is 6.60. The minimum absolute atomic E-state index is 0.0516. The fraction of sp³-hybridized carbons (Fsp3) is 0.217. The lowest BCUT2D eigenvalue weighted by atomic mass is 10.1. The maximum Gasteiger partial charge on any atom is 0.270 e. The van der Waals surface area contributed by atoms with Gasteiger partial charge in [0.2, 0.25) is 5.95 Å². The third-order valence-corrected chi connectivity index (χ3v) is 5.05. The number of nitrogens with zero attached hydrogens (tertiary/aromatic N) is 3. The van der Waals surface area contributed by atoms with Crippen LogP contribution < -0.4 is 20.5 Å². The van der Waals surface area contributed by atoms with Crippen molar-refractivity contribution in [3.8, 4) is 28.8 Å². The van der Waals surface area contributed by atoms with Crippen molar-refractivity contribution in [2.24, 2.45) is 5.10 Å². The van der Waals surface area contributed by atoms with Crippen molar-refractivity contribution in [2.75, 3.05) is 18.6 Å². The smallest absolute Gasteiger partial charge is 0.270 e. The molecule has 0 radical (unpaired) electrons. The van der Waals surface area contributed by atoms with E-state index < -0.39 is 5.56 Å². The monoisotopic (exact) mass is 543 g/mol. The number of nitriles is 1. The number of aromatic nitrogens is 2. The molecule has 0 aliphatic rings. The zero-order valence-electron chi connectivity index (χ0n) is 17.7. The molecule has 0 atom stereocenters. The zero-order valence-corrected chi connectivity index (χ0v) is 19.8. The number of anilines is 1. The minimum Gasteiger partial charge on any atom is -0.490 e. The van der Waals surface area contributed by atoms with Gasteiger partial charge in [-0.25, -0.2) is 10.4 Å². The van der Waals surface area contributed by atoms with E-state index in [1.807, 2.05) is 50.2 Å². The lowest BCUT2D eigenvalue weighted by Gasteiger charge is -2.14. The SMILES string of the molecule is CCCOc1c(I)cc(C=NNc2nc(-c3ccccc3)c(C#N)c(=O)[nH]2)cc1OCC. The van der Waals surface area contributed by atoms with Crippen LogP contribution in [0.2, 0.25) is 0 Å². The average Bonchev–Trinajstić information content (AvgIpc) is 2.79. The van der Waals surface area contributed by atoms with Crippen LogP contribution in [0.5, 0.6) is 11.5 Å². The van der Waals surface area contributed by atoms with E-state index in [2.05, 4.69) is 43.1 Å². The third kappa shape index (κ3) is 5.64. The van der Waals surface area contributed by atoms with Gasteiger partial charge in [-0.15, -0.1) is 0 Å². The van der Waals surface area contributed by atoms with Crippen molar-refractivity contribution in [2.45, 2.75) is 20.3 Å². The topological polar surface area (TPSA) is 112 Å². The molecule has 2 aromatic carbocycles. The van der Waals surface area contributed by atoms with E-state index in [9.17, 15) is 10.1 Å². The largest absolute Gasteiger partial charge is 0.490 e. The van der Waals surface area contributed by atoms with Gasteiger partial charge in [-0.2, -0.15) is 10.4 Å². The first-order chi connectivity index (χ1) is 15.6. The first-order valence-corrected chi connectivity index (χ1v) is 11.1. The summed E-state index contributed by atoms with van der Waals surface area (Å²) < 4.78 is 12.4. The summed E-state index contributed by atoms with van der Waals surface area (Å²) in [4.78, 5) is 19.2. The van der Waals surface area contributed by atoms with Crippen molar-refractivity contribution in [1.29, 1.82) is 5.26 Å². The summed E-state index contributed by atoms with van der Waals surface area (Å²) in [7, 11) is 0. The summed E-state index contributed by atoms with van der Waals surface area (Å²) in [6.45, 7) is 5.07. The number of H-pyrrole nitrogens is 1. The highest BCUT2D eigenvalue weighted by Crippen LogP contribution is 2.34. The molecule has 9 heteroatoms. The number of aromatic amines is 1. The summed E-state index contributed by atoms with van der Waals surface area (Å²) in [6, 6.07) is 14.7. The number of nitrogens with one attached hydrogen (secondary N) is 2. The van der Waals surface area contributed by atoms with Crippen LogP contribution in [0, 0.1) is 14.9 Å². The lowest BCUT2D eigenvalue weighted by molar-refractivity contribution is 0.275. The van der Waals surface area contributed by atoms with Crippen LogP contribution >= 0.6 is 22.6 Å². The van der Waals surface area contributed by atoms with Crippen LogP contribution in [-0.2, 0) is 0 Å². The minimum atomic E-state index is -0.537. The highest BCUT2D eigenvalue weighted by molar-refractivity contribution is 14.1. The molecule has 8 nitrogen and oxygen atoms in total. The molecule has 1 heterocycles. The molecule has 0 saturated heterocycles. The Labute approximate surface area is 199 Å². The van der Waals surface area contributed by atoms with Crippen LogP contribution in [-0.4, -0.2) is 29.4 Å². The Morgan fingerprint density at radius 1 is 1.25 bits per heavy atom. The molecule has 164 valence electrons. The van der Waals surface area contributed by atoms with Gasteiger partial charge in [0.15, 0.2) is 11.5 Å². The summed E-state index contributed by atoms with van der Waals surface area (Å²) in [5, 5.41) is 13.6. The number of halogens is 1. The van der Waals surface area contributed by atoms with Gasteiger partial charge in [-0.05, 0) is 53.6 Å². The summed E-state index contributed by atoms with van der Waals surface area (Å²) in [5.74, 6) is 1.49. The quantitative estimate of drug-likeness (QED) is 0.233. The lowest BCUT2D eigenvalue weighted by Crippen LogP contribution is -2.16. The van der Waals surface area contributed by atoms with Gasteiger partial charge < -0.3 is 9.47 Å². The predicted molar refractivity (Wildman–Crippen MR) is 132 cm³/mol. The Kier molecular flexibility index (Phi) is 8.21. The number of rotatable bonds is 9. The summed E-state index contributed by atoms with van der Waals surface area (Å²) >= 11 is 2.20. The number of hydrogen-bond donors (Lipinski definition) is 2. The van der Waals surface area contributed by atoms with Crippen LogP contribution in [0.1, 0.15) is 31.4 Å². The van der Waals surface area contributed by atoms with Gasteiger partial charge in [0.1, 0.15) is 11.6 Å². The number of hydrazone groups is 1. The van der Waals surface area contributed by atoms with Gasteiger partial charge in [-0.1, -0.05) is 37.3 Å². The Hall–Kier alpha value is -3.39. The average molecular weight is 543 g/mol. The molecular weight excluding hydrogens is 521 g/mol. The molecule has 2 N–H and O–H groups in total. The molecule has 3 aromatic rings. The van der Waals surface area contributed by atoms with E-state index in [1.54, 1.807) is 18.3 Å². The Morgan fingerprint density at radius 2 is 2.03 bits per heavy atom. The number of hydrogen-bond acceptors (Lipinski definition) is 7. The normalized spacial score (nSPS) is 10.7. The molecule has 0 aliphatic carbocycles. The predicted octanol–water partition coefficient (Wildman–Crippen LogP) is 4.55. The Bertz CT molecular complexity index is 1200. The van der Waals surface area contributed by atoms with Crippen molar-refractivity contribution < 1.29 is 9.47 Å². The van der Waals surface area contributed by atoms with Crippen molar-refractivity contribution >= 4 is 34.8 Å². The van der Waals surface area contributed by atoms with Crippen molar-refractivity contribution in [1.82, 2.24) is 9.97 Å². The third-order valence-electron chi connectivity index (χ3n) is 4.24. The molecule has 0 saturated carbocycles. The molecule has 3 rings (SSSR count). The molecule has 0 amide bonds. The molecule has 0 bridgehead atoms. The van der Waals surface area contributed by atoms with E-state index in [0.717, 1.165) is 15.6 Å². The van der Waals surface area contributed by atoms with Crippen LogP contribution in [0.3, 0.4) is 0 Å². The molecule has 32 heavy (non-hydrogen) atoms. The molecule has 1 aromatic heterocycles. The number of benzene rings is 2. The second-order valence-corrected chi connectivity index (χ2v) is 7.76. The fourth-order valence-corrected chi connectivity index (χ4v) is 3.65. The van der Waals surface area contributed by atoms with E-state index in [1.165, 1.54) is 0 Å². The maximum atomic E-state index is 12.3. The van der Waals surface area contributed by atoms with E-state index in [-0.39, 0.29) is 11.5 Å². The van der Waals surface area contributed by atoms with Crippen LogP contribution in [0.15, 0.2) is 52.4 Å². The maximum absolute atomic E-state index is 12.3. The zero-order chi connectivity index (χ0) is 22.9. The van der Waals surface area contributed by atoms with Crippen LogP contribution in [0.4, 0.5) is 5.95 Å². The van der Waals surface area contributed by atoms with Crippen molar-refractivity contribution in [3.05, 3.63) is 67.5 Å². The van der Waals surface area contributed by atoms with Crippen molar-refractivity contribution in [3.63, 3.8) is 0 Å². The highest BCUT2D eigenvalue weighted by Gasteiger charge is 2.13. The van der Waals surface area contributed by atoms with Gasteiger partial charge >= 0.3 is 0 Å². The Morgan fingerprint density at radius 3 is 2.72 bits per heavy atom. The second kappa shape index (κ2) is 11.3. The molecule has 0 fully saturated rings. The molecular formula is C23H22IN5O3. The number of ether oxygens (including phenoxy) is 2. The molecule has 0 aliphatic heterocycles. The van der Waals surface area contributed by atoms with Gasteiger partial charge in [0, 0.05) is 5.56 Å². The van der Waals surface area contributed by atoms with Gasteiger partial charge in [0.05, 0.1) is 28.7 Å². The van der Waals surface area contributed by atoms with E-state index in [0.29, 0.717) is 36.0 Å². The summed E-state index contributed by atoms with van der Waals surface area (Å²) in [5.41, 5.74) is 3.89. The van der Waals surface area contributed by atoms with Gasteiger partial charge in [0.25, 0.3) is 5.56 Å². The highest BCUT2D eigenvalue weighted by atomic mass is 127. The van der Waals surface area contributed by atoms with Crippen LogP contribution in [0.25, 0.3) is 11.3 Å². The van der Waals surface area contributed by atoms with E-state index >= 15 is 0 Å². The summed E-state index contributed by atoms with van der Waals surface area (Å²) in [6.07, 6.45) is 2.49. The fourth-order valence-electron chi connectivity index (χ4n) is 2.87. The first-order valence-electron chi connectivity index (χ1n) is 10.0. The van der Waals surface area contributed by atoms with Gasteiger partial charge in [-0.3, -0.25) is 9.78 Å². The molecule has 0 unspecified atom stereocenters. The van der Waals surface area contributed by atoms with E-state index in [4.69, 9.17) is 9.47 Å². The Balaban J connectivity index is 1.87. The first kappa shape index (κ1) is 23.3. The standard InChI is InChI=1S/C23H22IN5O3/c1-3-10-32-21-18(24)11-15(12-19(21)31-4-2)14-26-29-23-27-20(16-8-6-5-7-9-16)17(13-25)22(30)28-23/h5-9,11-12,14H,3-4,10H2,1-2H3,(H2,27,28,29,30). The molecule has 0 spiro atoms.